The van der Waals surface area contributed by atoms with Gasteiger partial charge in [-0.1, -0.05) is 30.3 Å². The minimum Gasteiger partial charge on any atom is -0.341 e. The van der Waals surface area contributed by atoms with Gasteiger partial charge in [0.25, 0.3) is 0 Å². The van der Waals surface area contributed by atoms with E-state index in [1.807, 2.05) is 30.3 Å². The SMILES string of the molecule is NCC(C(=O)N1CCCS(=O)(=O)CC1)c1ccccc1. The normalized spacial score (nSPS) is 20.1. The van der Waals surface area contributed by atoms with Gasteiger partial charge in [-0.25, -0.2) is 8.42 Å². The first kappa shape index (κ1) is 15.0. The van der Waals surface area contributed by atoms with E-state index in [4.69, 9.17) is 5.73 Å². The summed E-state index contributed by atoms with van der Waals surface area (Å²) >= 11 is 0. The molecule has 1 atom stereocenters. The average Bonchev–Trinajstić information content (AvgIpc) is 2.61. The maximum atomic E-state index is 12.5. The van der Waals surface area contributed by atoms with E-state index >= 15 is 0 Å². The Morgan fingerprint density at radius 3 is 2.55 bits per heavy atom. The second kappa shape index (κ2) is 6.37. The van der Waals surface area contributed by atoms with E-state index < -0.39 is 15.8 Å². The highest BCUT2D eigenvalue weighted by molar-refractivity contribution is 7.91. The Hall–Kier alpha value is -1.40. The van der Waals surface area contributed by atoms with Crippen LogP contribution in [0, 0.1) is 0 Å². The van der Waals surface area contributed by atoms with Crippen LogP contribution >= 0.6 is 0 Å². The van der Waals surface area contributed by atoms with E-state index in [-0.39, 0.29) is 30.5 Å². The van der Waals surface area contributed by atoms with E-state index in [9.17, 15) is 13.2 Å². The zero-order valence-electron chi connectivity index (χ0n) is 11.4. The smallest absolute Gasteiger partial charge is 0.231 e. The molecule has 1 saturated heterocycles. The summed E-state index contributed by atoms with van der Waals surface area (Å²) in [7, 11) is -3.01. The van der Waals surface area contributed by atoms with Crippen LogP contribution in [0.5, 0.6) is 0 Å². The number of carbonyl (C=O) groups is 1. The third-order valence-corrected chi connectivity index (χ3v) is 5.32. The zero-order valence-corrected chi connectivity index (χ0v) is 12.2. The van der Waals surface area contributed by atoms with Gasteiger partial charge in [0, 0.05) is 19.6 Å². The highest BCUT2D eigenvalue weighted by Crippen LogP contribution is 2.18. The van der Waals surface area contributed by atoms with Crippen LogP contribution in [0.15, 0.2) is 30.3 Å². The molecule has 0 radical (unpaired) electrons. The molecule has 0 aliphatic carbocycles. The monoisotopic (exact) mass is 296 g/mol. The lowest BCUT2D eigenvalue weighted by molar-refractivity contribution is -0.132. The van der Waals surface area contributed by atoms with Crippen molar-refractivity contribution in [1.82, 2.24) is 4.90 Å². The highest BCUT2D eigenvalue weighted by atomic mass is 32.2. The van der Waals surface area contributed by atoms with Gasteiger partial charge in [0.1, 0.15) is 0 Å². The first-order valence-corrected chi connectivity index (χ1v) is 8.60. The molecule has 5 nitrogen and oxygen atoms in total. The van der Waals surface area contributed by atoms with Gasteiger partial charge in [-0.05, 0) is 12.0 Å². The fourth-order valence-electron chi connectivity index (χ4n) is 2.44. The fourth-order valence-corrected chi connectivity index (χ4v) is 3.72. The van der Waals surface area contributed by atoms with E-state index in [0.29, 0.717) is 13.0 Å². The Bertz CT molecular complexity index is 557. The zero-order chi connectivity index (χ0) is 14.6. The Morgan fingerprint density at radius 2 is 1.90 bits per heavy atom. The van der Waals surface area contributed by atoms with Crippen LogP contribution in [0.1, 0.15) is 17.9 Å². The number of sulfone groups is 1. The molecule has 0 saturated carbocycles. The average molecular weight is 296 g/mol. The first-order valence-electron chi connectivity index (χ1n) is 6.78. The molecule has 20 heavy (non-hydrogen) atoms. The summed E-state index contributed by atoms with van der Waals surface area (Å²) in [6.07, 6.45) is 0.500. The molecule has 1 fully saturated rings. The molecule has 0 spiro atoms. The van der Waals surface area contributed by atoms with Crippen molar-refractivity contribution >= 4 is 15.7 Å². The molecule has 1 aromatic rings. The van der Waals surface area contributed by atoms with Gasteiger partial charge in [-0.3, -0.25) is 4.79 Å². The first-order chi connectivity index (χ1) is 9.53. The van der Waals surface area contributed by atoms with Crippen molar-refractivity contribution < 1.29 is 13.2 Å². The minimum absolute atomic E-state index is 0.0464. The molecule has 1 amide bonds. The lowest BCUT2D eigenvalue weighted by Crippen LogP contribution is -2.39. The van der Waals surface area contributed by atoms with Crippen LogP contribution in [0.25, 0.3) is 0 Å². The topological polar surface area (TPSA) is 80.5 Å². The standard InChI is InChI=1S/C14H20N2O3S/c15-11-13(12-5-2-1-3-6-12)14(17)16-7-4-9-20(18,19)10-8-16/h1-3,5-6,13H,4,7-11,15H2. The molecule has 2 N–H and O–H groups in total. The van der Waals surface area contributed by atoms with Crippen molar-refractivity contribution in [3.05, 3.63) is 35.9 Å². The molecule has 110 valence electrons. The Morgan fingerprint density at radius 1 is 1.20 bits per heavy atom. The number of nitrogens with two attached hydrogens (primary N) is 1. The van der Waals surface area contributed by atoms with Gasteiger partial charge in [0.05, 0.1) is 17.4 Å². The largest absolute Gasteiger partial charge is 0.341 e. The van der Waals surface area contributed by atoms with Gasteiger partial charge >= 0.3 is 0 Å². The van der Waals surface area contributed by atoms with Crippen LogP contribution in [0.2, 0.25) is 0 Å². The molecule has 1 unspecified atom stereocenters. The number of amides is 1. The predicted molar refractivity (Wildman–Crippen MR) is 78.1 cm³/mol. The van der Waals surface area contributed by atoms with Gasteiger partial charge in [-0.2, -0.15) is 0 Å². The second-order valence-corrected chi connectivity index (χ2v) is 7.33. The summed E-state index contributed by atoms with van der Waals surface area (Å²) < 4.78 is 23.2. The third kappa shape index (κ3) is 3.58. The van der Waals surface area contributed by atoms with Crippen LogP contribution in [-0.2, 0) is 14.6 Å². The van der Waals surface area contributed by atoms with E-state index in [0.717, 1.165) is 5.56 Å². The predicted octanol–water partition coefficient (Wildman–Crippen LogP) is 0.376. The number of hydrogen-bond donors (Lipinski definition) is 1. The summed E-state index contributed by atoms with van der Waals surface area (Å²) in [5, 5.41) is 0. The molecule has 1 aliphatic rings. The van der Waals surface area contributed by atoms with Crippen molar-refractivity contribution in [2.45, 2.75) is 12.3 Å². The summed E-state index contributed by atoms with van der Waals surface area (Å²) in [6, 6.07) is 9.39. The third-order valence-electron chi connectivity index (χ3n) is 3.60. The van der Waals surface area contributed by atoms with E-state index in [1.165, 1.54) is 0 Å². The second-order valence-electron chi connectivity index (χ2n) is 5.03. The Balaban J connectivity index is 2.13. The van der Waals surface area contributed by atoms with Crippen molar-refractivity contribution in [3.63, 3.8) is 0 Å². The van der Waals surface area contributed by atoms with Crippen molar-refractivity contribution in [2.75, 3.05) is 31.1 Å². The molecule has 0 bridgehead atoms. The highest BCUT2D eigenvalue weighted by Gasteiger charge is 2.28. The van der Waals surface area contributed by atoms with Crippen LogP contribution < -0.4 is 5.73 Å². The van der Waals surface area contributed by atoms with Gasteiger partial charge in [-0.15, -0.1) is 0 Å². The number of hydrogen-bond acceptors (Lipinski definition) is 4. The molecule has 1 aromatic carbocycles. The Kier molecular flexibility index (Phi) is 4.77. The molecule has 0 aromatic heterocycles. The minimum atomic E-state index is -3.01. The molecule has 6 heteroatoms. The molecular formula is C14H20N2O3S. The quantitative estimate of drug-likeness (QED) is 0.874. The van der Waals surface area contributed by atoms with Crippen LogP contribution in [0.3, 0.4) is 0 Å². The van der Waals surface area contributed by atoms with Crippen LogP contribution in [0.4, 0.5) is 0 Å². The van der Waals surface area contributed by atoms with Crippen molar-refractivity contribution in [1.29, 1.82) is 0 Å². The maximum absolute atomic E-state index is 12.5. The molecular weight excluding hydrogens is 276 g/mol. The Labute approximate surface area is 119 Å². The van der Waals surface area contributed by atoms with Crippen molar-refractivity contribution in [2.24, 2.45) is 5.73 Å². The number of rotatable bonds is 3. The summed E-state index contributed by atoms with van der Waals surface area (Å²) in [5.74, 6) is -0.256. The van der Waals surface area contributed by atoms with Gasteiger partial charge in [0.15, 0.2) is 9.84 Å². The number of nitrogens with zero attached hydrogens (tertiary/aromatic N) is 1. The van der Waals surface area contributed by atoms with Gasteiger partial charge in [0.2, 0.25) is 5.91 Å². The summed E-state index contributed by atoms with van der Waals surface area (Å²) in [4.78, 5) is 14.2. The lowest BCUT2D eigenvalue weighted by atomic mass is 9.97. The molecule has 1 aliphatic heterocycles. The summed E-state index contributed by atoms with van der Waals surface area (Å²) in [5.41, 5.74) is 6.62. The summed E-state index contributed by atoms with van der Waals surface area (Å²) in [6.45, 7) is 0.984. The van der Waals surface area contributed by atoms with E-state index in [1.54, 1.807) is 4.90 Å². The molecule has 2 rings (SSSR count). The number of benzene rings is 1. The number of carbonyl (C=O) groups excluding carboxylic acids is 1. The van der Waals surface area contributed by atoms with Crippen LogP contribution in [-0.4, -0.2) is 50.4 Å². The molecule has 1 heterocycles. The van der Waals surface area contributed by atoms with Gasteiger partial charge < -0.3 is 10.6 Å². The fraction of sp³-hybridized carbons (Fsp3) is 0.500. The van der Waals surface area contributed by atoms with E-state index in [2.05, 4.69) is 0 Å². The maximum Gasteiger partial charge on any atom is 0.231 e. The van der Waals surface area contributed by atoms with Crippen molar-refractivity contribution in [3.8, 4) is 0 Å². The lowest BCUT2D eigenvalue weighted by Gasteiger charge is -2.25.